The summed E-state index contributed by atoms with van der Waals surface area (Å²) in [7, 11) is 0. The van der Waals surface area contributed by atoms with Crippen LogP contribution in [0, 0.1) is 19.3 Å². The van der Waals surface area contributed by atoms with Crippen molar-refractivity contribution in [3.05, 3.63) is 51.0 Å². The minimum atomic E-state index is -0.255. The SMILES string of the molecule is Cc1ccc(C2CC(=NNC(=N)NO)c3c(C)ccnc3C2)s1.Cl. The second-order valence-corrected chi connectivity index (χ2v) is 6.98. The average molecular weight is 366 g/mol. The Morgan fingerprint density at radius 1 is 1.33 bits per heavy atom. The van der Waals surface area contributed by atoms with Gasteiger partial charge in [0.2, 0.25) is 5.96 Å². The van der Waals surface area contributed by atoms with Crippen molar-refractivity contribution in [2.45, 2.75) is 32.6 Å². The predicted molar refractivity (Wildman–Crippen MR) is 98.7 cm³/mol. The highest BCUT2D eigenvalue weighted by Gasteiger charge is 2.28. The van der Waals surface area contributed by atoms with Crippen molar-refractivity contribution in [3.8, 4) is 0 Å². The molecule has 1 unspecified atom stereocenters. The Balaban J connectivity index is 0.00000208. The van der Waals surface area contributed by atoms with Gasteiger partial charge in [0, 0.05) is 33.9 Å². The van der Waals surface area contributed by atoms with Gasteiger partial charge in [0.15, 0.2) is 0 Å². The molecule has 8 heteroatoms. The summed E-state index contributed by atoms with van der Waals surface area (Å²) < 4.78 is 0. The number of fused-ring (bicyclic) bond motifs is 1. The van der Waals surface area contributed by atoms with E-state index in [1.54, 1.807) is 16.8 Å². The van der Waals surface area contributed by atoms with Crippen LogP contribution in [0.15, 0.2) is 29.5 Å². The molecule has 0 aromatic carbocycles. The highest BCUT2D eigenvalue weighted by atomic mass is 35.5. The standard InChI is InChI=1S/C16H19N5OS.ClH/c1-9-5-6-18-12-7-11(14-4-3-10(2)23-14)8-13(15(9)12)19-20-16(17)21-22;/h3-6,11,22H,7-8H2,1-2H3,(H3,17,20,21);1H. The molecular formula is C16H20ClN5OS. The first-order valence-corrected chi connectivity index (χ1v) is 8.22. The van der Waals surface area contributed by atoms with Crippen molar-refractivity contribution < 1.29 is 5.21 Å². The number of thiophene rings is 1. The van der Waals surface area contributed by atoms with Gasteiger partial charge in [-0.3, -0.25) is 15.6 Å². The van der Waals surface area contributed by atoms with E-state index < -0.39 is 0 Å². The zero-order valence-electron chi connectivity index (χ0n) is 13.5. The largest absolute Gasteiger partial charge is 0.288 e. The van der Waals surface area contributed by atoms with Gasteiger partial charge < -0.3 is 0 Å². The number of guanidine groups is 1. The summed E-state index contributed by atoms with van der Waals surface area (Å²) >= 11 is 1.81. The topological polar surface area (TPSA) is 93.4 Å². The number of pyridine rings is 1. The van der Waals surface area contributed by atoms with Gasteiger partial charge in [0.25, 0.3) is 0 Å². The van der Waals surface area contributed by atoms with E-state index in [9.17, 15) is 0 Å². The number of nitrogens with one attached hydrogen (secondary N) is 3. The molecule has 4 N–H and O–H groups in total. The number of hydrazone groups is 1. The van der Waals surface area contributed by atoms with Gasteiger partial charge in [-0.05, 0) is 44.0 Å². The molecule has 0 saturated heterocycles. The van der Waals surface area contributed by atoms with Crippen LogP contribution in [0.4, 0.5) is 0 Å². The van der Waals surface area contributed by atoms with E-state index in [0.29, 0.717) is 5.92 Å². The van der Waals surface area contributed by atoms with Crippen molar-refractivity contribution in [1.29, 1.82) is 5.41 Å². The lowest BCUT2D eigenvalue weighted by Gasteiger charge is -2.25. The Hall–Kier alpha value is -1.96. The number of nitrogens with zero attached hydrogens (tertiary/aromatic N) is 2. The van der Waals surface area contributed by atoms with Crippen LogP contribution in [0.2, 0.25) is 0 Å². The molecule has 1 atom stereocenters. The maximum absolute atomic E-state index is 8.73. The third-order valence-electron chi connectivity index (χ3n) is 3.98. The highest BCUT2D eigenvalue weighted by Crippen LogP contribution is 2.36. The van der Waals surface area contributed by atoms with E-state index in [0.717, 1.165) is 35.4 Å². The number of hydrogen-bond donors (Lipinski definition) is 4. The van der Waals surface area contributed by atoms with Gasteiger partial charge in [0.05, 0.1) is 11.4 Å². The summed E-state index contributed by atoms with van der Waals surface area (Å²) in [4.78, 5) is 7.17. The summed E-state index contributed by atoms with van der Waals surface area (Å²) in [5.74, 6) is 0.0852. The summed E-state index contributed by atoms with van der Waals surface area (Å²) in [5, 5.41) is 20.5. The Morgan fingerprint density at radius 2 is 2.12 bits per heavy atom. The van der Waals surface area contributed by atoms with E-state index >= 15 is 0 Å². The molecule has 0 saturated carbocycles. The molecule has 2 heterocycles. The fourth-order valence-corrected chi connectivity index (χ4v) is 3.91. The molecule has 0 aliphatic heterocycles. The summed E-state index contributed by atoms with van der Waals surface area (Å²) in [6.07, 6.45) is 3.51. The lowest BCUT2D eigenvalue weighted by atomic mass is 9.83. The number of hydroxylamine groups is 1. The molecule has 2 aromatic heterocycles. The number of halogens is 1. The third kappa shape index (κ3) is 3.75. The molecule has 0 spiro atoms. The number of aromatic nitrogens is 1. The molecular weight excluding hydrogens is 346 g/mol. The van der Waals surface area contributed by atoms with E-state index in [-0.39, 0.29) is 18.4 Å². The molecule has 0 radical (unpaired) electrons. The molecule has 0 bridgehead atoms. The predicted octanol–water partition coefficient (Wildman–Crippen LogP) is 3.12. The molecule has 6 nitrogen and oxygen atoms in total. The van der Waals surface area contributed by atoms with E-state index in [2.05, 4.69) is 34.6 Å². The zero-order chi connectivity index (χ0) is 16.4. The van der Waals surface area contributed by atoms with Gasteiger partial charge in [-0.15, -0.1) is 23.7 Å². The van der Waals surface area contributed by atoms with Crippen molar-refractivity contribution in [2.24, 2.45) is 5.10 Å². The zero-order valence-corrected chi connectivity index (χ0v) is 15.1. The Bertz CT molecular complexity index is 774. The van der Waals surface area contributed by atoms with E-state index in [4.69, 9.17) is 10.6 Å². The molecule has 128 valence electrons. The molecule has 1 aliphatic carbocycles. The maximum Gasteiger partial charge on any atom is 0.233 e. The quantitative estimate of drug-likeness (QED) is 0.373. The summed E-state index contributed by atoms with van der Waals surface area (Å²) in [6, 6.07) is 6.28. The summed E-state index contributed by atoms with van der Waals surface area (Å²) in [5.41, 5.74) is 8.36. The van der Waals surface area contributed by atoms with E-state index in [1.807, 2.05) is 19.2 Å². The Kier molecular flexibility index (Phi) is 5.93. The van der Waals surface area contributed by atoms with Crippen molar-refractivity contribution in [1.82, 2.24) is 15.9 Å². The molecule has 0 fully saturated rings. The highest BCUT2D eigenvalue weighted by molar-refractivity contribution is 7.12. The number of rotatable bonds is 2. The fraction of sp³-hybridized carbons (Fsp3) is 0.312. The van der Waals surface area contributed by atoms with Gasteiger partial charge in [-0.1, -0.05) is 0 Å². The molecule has 0 amide bonds. The Labute approximate surface area is 150 Å². The van der Waals surface area contributed by atoms with Crippen molar-refractivity contribution in [2.75, 3.05) is 0 Å². The van der Waals surface area contributed by atoms with E-state index in [1.165, 1.54) is 9.75 Å². The van der Waals surface area contributed by atoms with Gasteiger partial charge in [-0.2, -0.15) is 5.10 Å². The van der Waals surface area contributed by atoms with Crippen LogP contribution >= 0.6 is 23.7 Å². The first kappa shape index (κ1) is 18.4. The first-order chi connectivity index (χ1) is 11.1. The lowest BCUT2D eigenvalue weighted by molar-refractivity contribution is 0.228. The van der Waals surface area contributed by atoms with Gasteiger partial charge in [-0.25, -0.2) is 10.9 Å². The average Bonchev–Trinajstić information content (AvgIpc) is 2.98. The minimum Gasteiger partial charge on any atom is -0.288 e. The normalized spacial score (nSPS) is 17.8. The fourth-order valence-electron chi connectivity index (χ4n) is 2.93. The molecule has 1 aliphatic rings. The smallest absolute Gasteiger partial charge is 0.233 e. The second kappa shape index (κ2) is 7.74. The van der Waals surface area contributed by atoms with Crippen LogP contribution in [0.3, 0.4) is 0 Å². The van der Waals surface area contributed by atoms with Crippen LogP contribution in [0.1, 0.15) is 38.9 Å². The lowest BCUT2D eigenvalue weighted by Crippen LogP contribution is -2.32. The summed E-state index contributed by atoms with van der Waals surface area (Å²) in [6.45, 7) is 4.15. The number of hydrogen-bond acceptors (Lipinski definition) is 5. The number of aryl methyl sites for hydroxylation is 2. The van der Waals surface area contributed by atoms with Crippen LogP contribution < -0.4 is 10.9 Å². The monoisotopic (exact) mass is 365 g/mol. The second-order valence-electron chi connectivity index (χ2n) is 5.66. The Morgan fingerprint density at radius 3 is 2.79 bits per heavy atom. The van der Waals surface area contributed by atoms with Gasteiger partial charge >= 0.3 is 0 Å². The van der Waals surface area contributed by atoms with Gasteiger partial charge in [0.1, 0.15) is 0 Å². The van der Waals surface area contributed by atoms with Crippen LogP contribution in [-0.4, -0.2) is 21.9 Å². The van der Waals surface area contributed by atoms with Crippen molar-refractivity contribution in [3.63, 3.8) is 0 Å². The maximum atomic E-state index is 8.73. The van der Waals surface area contributed by atoms with Crippen LogP contribution in [0.25, 0.3) is 0 Å². The first-order valence-electron chi connectivity index (χ1n) is 7.41. The van der Waals surface area contributed by atoms with Crippen LogP contribution in [0.5, 0.6) is 0 Å². The third-order valence-corrected chi connectivity index (χ3v) is 5.15. The molecule has 2 aromatic rings. The van der Waals surface area contributed by atoms with Crippen LogP contribution in [-0.2, 0) is 6.42 Å². The molecule has 3 rings (SSSR count). The molecule has 24 heavy (non-hydrogen) atoms. The van der Waals surface area contributed by atoms with Crippen molar-refractivity contribution >= 4 is 35.4 Å². The minimum absolute atomic E-state index is 0.